The number of aromatic nitrogens is 2. The summed E-state index contributed by atoms with van der Waals surface area (Å²) in [6, 6.07) is 49.5. The van der Waals surface area contributed by atoms with Crippen molar-refractivity contribution in [2.75, 3.05) is 9.80 Å². The Kier molecular flexibility index (Phi) is 6.60. The molecule has 0 aliphatic carbocycles. The number of rotatable bonds is 7. The van der Waals surface area contributed by atoms with Crippen LogP contribution in [0.5, 0.6) is 0 Å². The van der Waals surface area contributed by atoms with Crippen LogP contribution in [0.25, 0.3) is 11.1 Å². The molecule has 6 rings (SSSR count). The van der Waals surface area contributed by atoms with Gasteiger partial charge in [-0.2, -0.15) is 0 Å². The molecule has 4 nitrogen and oxygen atoms in total. The van der Waals surface area contributed by atoms with Crippen molar-refractivity contribution >= 4 is 34.4 Å². The maximum atomic E-state index is 4.85. The minimum absolute atomic E-state index is 0.857. The molecule has 0 aliphatic heterocycles. The quantitative estimate of drug-likeness (QED) is 0.223. The van der Waals surface area contributed by atoms with Gasteiger partial charge in [-0.3, -0.25) is 9.80 Å². The van der Waals surface area contributed by atoms with Gasteiger partial charge in [0.25, 0.3) is 0 Å². The van der Waals surface area contributed by atoms with Crippen LogP contribution < -0.4 is 9.80 Å². The SMILES string of the molecule is c1ccc(N(c2ccccc2)c2ccc(-c3ccc(N(c4ccccc4)c4ccccc4)nc3)cn2)cc1. The summed E-state index contributed by atoms with van der Waals surface area (Å²) in [6.07, 6.45) is 3.83. The molecule has 0 aliphatic rings. The predicted molar refractivity (Wildman–Crippen MR) is 157 cm³/mol. The second kappa shape index (κ2) is 10.8. The number of hydrogen-bond acceptors (Lipinski definition) is 4. The Morgan fingerprint density at radius 1 is 0.316 bits per heavy atom. The summed E-state index contributed by atoms with van der Waals surface area (Å²) in [5.74, 6) is 1.71. The Hall–Kier alpha value is -5.22. The Morgan fingerprint density at radius 2 is 0.605 bits per heavy atom. The van der Waals surface area contributed by atoms with Gasteiger partial charge in [0, 0.05) is 46.3 Å². The average molecular weight is 491 g/mol. The van der Waals surface area contributed by atoms with Gasteiger partial charge in [0.15, 0.2) is 0 Å². The zero-order valence-electron chi connectivity index (χ0n) is 20.8. The Balaban J connectivity index is 1.31. The van der Waals surface area contributed by atoms with E-state index in [1.165, 1.54) is 0 Å². The molecule has 4 aromatic carbocycles. The summed E-state index contributed by atoms with van der Waals surface area (Å²) >= 11 is 0. The van der Waals surface area contributed by atoms with Crippen LogP contribution in [0.2, 0.25) is 0 Å². The van der Waals surface area contributed by atoms with E-state index in [2.05, 4.69) is 82.6 Å². The summed E-state index contributed by atoms with van der Waals surface area (Å²) in [5, 5.41) is 0. The fraction of sp³-hybridized carbons (Fsp3) is 0. The van der Waals surface area contributed by atoms with Crippen LogP contribution in [0.3, 0.4) is 0 Å². The van der Waals surface area contributed by atoms with Crippen molar-refractivity contribution in [2.45, 2.75) is 0 Å². The smallest absolute Gasteiger partial charge is 0.137 e. The summed E-state index contributed by atoms with van der Waals surface area (Å²) < 4.78 is 0. The molecule has 0 saturated heterocycles. The largest absolute Gasteiger partial charge is 0.295 e. The van der Waals surface area contributed by atoms with E-state index < -0.39 is 0 Å². The van der Waals surface area contributed by atoms with Crippen molar-refractivity contribution in [3.05, 3.63) is 158 Å². The molecule has 0 atom stereocenters. The molecule has 2 heterocycles. The highest BCUT2D eigenvalue weighted by Crippen LogP contribution is 2.35. The molecular weight excluding hydrogens is 464 g/mol. The Bertz CT molecular complexity index is 1370. The van der Waals surface area contributed by atoms with Gasteiger partial charge in [0.05, 0.1) is 0 Å². The van der Waals surface area contributed by atoms with Gasteiger partial charge in [-0.05, 0) is 72.8 Å². The molecular formula is C34H26N4. The van der Waals surface area contributed by atoms with Crippen molar-refractivity contribution in [1.29, 1.82) is 0 Å². The fourth-order valence-electron chi connectivity index (χ4n) is 4.51. The second-order valence-corrected chi connectivity index (χ2v) is 8.82. The minimum atomic E-state index is 0.857. The highest BCUT2D eigenvalue weighted by molar-refractivity contribution is 5.77. The van der Waals surface area contributed by atoms with E-state index in [9.17, 15) is 0 Å². The highest BCUT2D eigenvalue weighted by atomic mass is 15.2. The summed E-state index contributed by atoms with van der Waals surface area (Å²) in [5.41, 5.74) is 6.28. The maximum Gasteiger partial charge on any atom is 0.137 e. The fourth-order valence-corrected chi connectivity index (χ4v) is 4.51. The lowest BCUT2D eigenvalue weighted by Gasteiger charge is -2.24. The molecule has 4 heteroatoms. The summed E-state index contributed by atoms with van der Waals surface area (Å²) in [4.78, 5) is 14.0. The van der Waals surface area contributed by atoms with Gasteiger partial charge in [0.1, 0.15) is 11.6 Å². The second-order valence-electron chi connectivity index (χ2n) is 8.82. The molecule has 38 heavy (non-hydrogen) atoms. The first-order valence-corrected chi connectivity index (χ1v) is 12.6. The van der Waals surface area contributed by atoms with Crippen LogP contribution in [0.15, 0.2) is 158 Å². The zero-order valence-corrected chi connectivity index (χ0v) is 20.8. The number of hydrogen-bond donors (Lipinski definition) is 0. The molecule has 0 N–H and O–H groups in total. The standard InChI is InChI=1S/C34H26N4/c1-5-13-29(14-6-1)37(30-15-7-2-8-16-30)33-23-21-27(25-35-33)28-22-24-34(36-26-28)38(31-17-9-3-10-18-31)32-19-11-4-12-20-32/h1-26H. The first-order chi connectivity index (χ1) is 18.9. The lowest BCUT2D eigenvalue weighted by Crippen LogP contribution is -2.11. The van der Waals surface area contributed by atoms with Gasteiger partial charge in [-0.15, -0.1) is 0 Å². The van der Waals surface area contributed by atoms with E-state index in [-0.39, 0.29) is 0 Å². The van der Waals surface area contributed by atoms with Crippen LogP contribution in [0.1, 0.15) is 0 Å². The maximum absolute atomic E-state index is 4.85. The van der Waals surface area contributed by atoms with Gasteiger partial charge in [-0.1, -0.05) is 72.8 Å². The van der Waals surface area contributed by atoms with Crippen LogP contribution >= 0.6 is 0 Å². The Labute approximate surface area is 223 Å². The molecule has 2 aromatic heterocycles. The van der Waals surface area contributed by atoms with E-state index in [0.717, 1.165) is 45.5 Å². The number of pyridine rings is 2. The molecule has 6 aromatic rings. The zero-order chi connectivity index (χ0) is 25.6. The van der Waals surface area contributed by atoms with E-state index in [1.807, 2.05) is 85.2 Å². The third-order valence-electron chi connectivity index (χ3n) is 6.34. The van der Waals surface area contributed by atoms with Crippen molar-refractivity contribution in [2.24, 2.45) is 0 Å². The van der Waals surface area contributed by atoms with Crippen molar-refractivity contribution in [3.8, 4) is 11.1 Å². The van der Waals surface area contributed by atoms with Gasteiger partial charge < -0.3 is 0 Å². The van der Waals surface area contributed by atoms with Gasteiger partial charge in [-0.25, -0.2) is 9.97 Å². The first-order valence-electron chi connectivity index (χ1n) is 12.6. The van der Waals surface area contributed by atoms with Crippen molar-refractivity contribution in [1.82, 2.24) is 9.97 Å². The number of para-hydroxylation sites is 4. The number of nitrogens with zero attached hydrogens (tertiary/aromatic N) is 4. The molecule has 0 unspecified atom stereocenters. The average Bonchev–Trinajstić information content (AvgIpc) is 3.00. The molecule has 0 amide bonds. The summed E-state index contributed by atoms with van der Waals surface area (Å²) in [7, 11) is 0. The third kappa shape index (κ3) is 4.88. The van der Waals surface area contributed by atoms with Crippen LogP contribution in [0, 0.1) is 0 Å². The first kappa shape index (κ1) is 23.2. The van der Waals surface area contributed by atoms with Gasteiger partial charge in [0.2, 0.25) is 0 Å². The monoisotopic (exact) mass is 490 g/mol. The molecule has 0 radical (unpaired) electrons. The van der Waals surface area contributed by atoms with E-state index in [0.29, 0.717) is 0 Å². The minimum Gasteiger partial charge on any atom is -0.295 e. The van der Waals surface area contributed by atoms with E-state index >= 15 is 0 Å². The van der Waals surface area contributed by atoms with Crippen molar-refractivity contribution < 1.29 is 0 Å². The number of benzene rings is 4. The van der Waals surface area contributed by atoms with Crippen LogP contribution in [-0.4, -0.2) is 9.97 Å². The van der Waals surface area contributed by atoms with Gasteiger partial charge >= 0.3 is 0 Å². The van der Waals surface area contributed by atoms with E-state index in [4.69, 9.17) is 9.97 Å². The Morgan fingerprint density at radius 3 is 0.842 bits per heavy atom. The normalized spacial score (nSPS) is 10.6. The molecule has 0 fully saturated rings. The lowest BCUT2D eigenvalue weighted by molar-refractivity contribution is 1.17. The predicted octanol–water partition coefficient (Wildman–Crippen LogP) is 9.08. The van der Waals surface area contributed by atoms with Crippen LogP contribution in [-0.2, 0) is 0 Å². The van der Waals surface area contributed by atoms with Crippen LogP contribution in [0.4, 0.5) is 34.4 Å². The molecule has 0 bridgehead atoms. The third-order valence-corrected chi connectivity index (χ3v) is 6.34. The molecule has 182 valence electrons. The molecule has 0 saturated carbocycles. The topological polar surface area (TPSA) is 32.3 Å². The van der Waals surface area contributed by atoms with E-state index in [1.54, 1.807) is 0 Å². The summed E-state index contributed by atoms with van der Waals surface area (Å²) in [6.45, 7) is 0. The lowest BCUT2D eigenvalue weighted by atomic mass is 10.1. The van der Waals surface area contributed by atoms with Crippen molar-refractivity contribution in [3.63, 3.8) is 0 Å². The molecule has 0 spiro atoms. The number of anilines is 6. The highest BCUT2D eigenvalue weighted by Gasteiger charge is 2.15.